The third-order valence-corrected chi connectivity index (χ3v) is 4.80. The largest absolute Gasteiger partial charge is 0.497 e. The molecule has 2 saturated heterocycles. The summed E-state index contributed by atoms with van der Waals surface area (Å²) in [5.74, 6) is -1.67. The Balaban J connectivity index is 0.000000370. The Morgan fingerprint density at radius 2 is 1.83 bits per heavy atom. The predicted molar refractivity (Wildman–Crippen MR) is 97.4 cm³/mol. The fourth-order valence-electron chi connectivity index (χ4n) is 3.45. The van der Waals surface area contributed by atoms with Crippen molar-refractivity contribution >= 4 is 11.9 Å². The van der Waals surface area contributed by atoms with Gasteiger partial charge in [-0.25, -0.2) is 4.79 Å². The quantitative estimate of drug-likeness (QED) is 0.806. The number of benzene rings is 1. The van der Waals surface area contributed by atoms with Crippen LogP contribution in [0.25, 0.3) is 0 Å². The Morgan fingerprint density at radius 3 is 2.31 bits per heavy atom. The van der Waals surface area contributed by atoms with Crippen molar-refractivity contribution in [2.75, 3.05) is 34.3 Å². The van der Waals surface area contributed by atoms with Gasteiger partial charge in [-0.3, -0.25) is 9.69 Å². The van der Waals surface area contributed by atoms with Crippen LogP contribution in [0, 0.1) is 5.92 Å². The zero-order valence-electron chi connectivity index (χ0n) is 16.5. The molecule has 1 aromatic carbocycles. The molecule has 0 saturated carbocycles. The van der Waals surface area contributed by atoms with Crippen molar-refractivity contribution in [1.82, 2.24) is 9.80 Å². The van der Waals surface area contributed by atoms with E-state index in [1.54, 1.807) is 12.0 Å². The molecule has 0 spiro atoms. The van der Waals surface area contributed by atoms with Gasteiger partial charge in [-0.05, 0) is 24.1 Å². The molecule has 29 heavy (non-hydrogen) atoms. The maximum absolute atomic E-state index is 12.2. The Kier molecular flexibility index (Phi) is 7.48. The van der Waals surface area contributed by atoms with Gasteiger partial charge in [0.2, 0.25) is 5.91 Å². The lowest BCUT2D eigenvalue weighted by atomic mass is 9.99. The molecule has 2 bridgehead atoms. The number of halogens is 3. The van der Waals surface area contributed by atoms with Crippen molar-refractivity contribution in [3.8, 4) is 5.75 Å². The van der Waals surface area contributed by atoms with E-state index in [1.807, 2.05) is 26.2 Å². The summed E-state index contributed by atoms with van der Waals surface area (Å²) in [6.07, 6.45) is -4.02. The first-order valence-corrected chi connectivity index (χ1v) is 9.03. The second kappa shape index (κ2) is 9.45. The molecule has 0 aromatic heterocycles. The molecule has 0 aliphatic carbocycles. The van der Waals surface area contributed by atoms with Crippen molar-refractivity contribution in [1.29, 1.82) is 0 Å². The number of amides is 1. The van der Waals surface area contributed by atoms with Crippen molar-refractivity contribution in [2.24, 2.45) is 5.92 Å². The zero-order valence-corrected chi connectivity index (χ0v) is 16.5. The van der Waals surface area contributed by atoms with Crippen molar-refractivity contribution in [3.05, 3.63) is 29.8 Å². The van der Waals surface area contributed by atoms with Crippen molar-refractivity contribution in [3.63, 3.8) is 0 Å². The summed E-state index contributed by atoms with van der Waals surface area (Å²) in [5, 5.41) is 7.12. The number of nitrogens with zero attached hydrogens (tertiary/aromatic N) is 2. The summed E-state index contributed by atoms with van der Waals surface area (Å²) in [7, 11) is 5.32. The first kappa shape index (κ1) is 23.0. The van der Waals surface area contributed by atoms with Crippen LogP contribution in [0.5, 0.6) is 5.75 Å². The van der Waals surface area contributed by atoms with Gasteiger partial charge in [0.1, 0.15) is 5.75 Å². The number of carbonyl (C=O) groups is 2. The molecule has 3 rings (SSSR count). The molecule has 3 atom stereocenters. The smallest absolute Gasteiger partial charge is 0.490 e. The van der Waals surface area contributed by atoms with Gasteiger partial charge in [0.25, 0.3) is 0 Å². The van der Waals surface area contributed by atoms with Crippen molar-refractivity contribution in [2.45, 2.75) is 31.3 Å². The molecule has 1 aromatic rings. The predicted octanol–water partition coefficient (Wildman–Crippen LogP) is 2.01. The van der Waals surface area contributed by atoms with E-state index in [1.165, 1.54) is 5.56 Å². The highest BCUT2D eigenvalue weighted by atomic mass is 19.4. The molecule has 10 heteroatoms. The number of ether oxygens (including phenoxy) is 2. The summed E-state index contributed by atoms with van der Waals surface area (Å²) in [6.45, 7) is 2.62. The van der Waals surface area contributed by atoms with E-state index in [4.69, 9.17) is 19.4 Å². The lowest BCUT2D eigenvalue weighted by Gasteiger charge is -2.33. The van der Waals surface area contributed by atoms with Crippen LogP contribution in [0.4, 0.5) is 13.2 Å². The monoisotopic (exact) mass is 418 g/mol. The minimum atomic E-state index is -5.08. The van der Waals surface area contributed by atoms with Crippen LogP contribution in [-0.4, -0.2) is 79.5 Å². The second-order valence-corrected chi connectivity index (χ2v) is 7.22. The van der Waals surface area contributed by atoms with Gasteiger partial charge in [-0.15, -0.1) is 0 Å². The number of fused-ring (bicyclic) bond motifs is 2. The van der Waals surface area contributed by atoms with Gasteiger partial charge >= 0.3 is 12.1 Å². The molecule has 2 fully saturated rings. The van der Waals surface area contributed by atoms with Crippen LogP contribution >= 0.6 is 0 Å². The average Bonchev–Trinajstić information content (AvgIpc) is 2.95. The number of hydrogen-bond acceptors (Lipinski definition) is 5. The summed E-state index contributed by atoms with van der Waals surface area (Å²) in [4.78, 5) is 25.2. The lowest BCUT2D eigenvalue weighted by Crippen LogP contribution is -2.44. The van der Waals surface area contributed by atoms with Gasteiger partial charge < -0.3 is 19.5 Å². The molecule has 2 aliphatic heterocycles. The Hall–Kier alpha value is -2.33. The molecule has 2 aliphatic rings. The molecule has 0 radical (unpaired) electrons. The molecule has 162 valence electrons. The first-order valence-electron chi connectivity index (χ1n) is 9.03. The van der Waals surface area contributed by atoms with Gasteiger partial charge in [0.05, 0.1) is 25.2 Å². The molecular formula is C19H25F3N2O5. The fraction of sp³-hybridized carbons (Fsp3) is 0.579. The van der Waals surface area contributed by atoms with E-state index >= 15 is 0 Å². The molecule has 2 heterocycles. The number of hydrogen-bond donors (Lipinski definition) is 1. The maximum Gasteiger partial charge on any atom is 0.490 e. The fourth-order valence-corrected chi connectivity index (χ4v) is 3.45. The highest BCUT2D eigenvalue weighted by molar-refractivity contribution is 5.79. The third kappa shape index (κ3) is 6.33. The van der Waals surface area contributed by atoms with Crippen LogP contribution in [0.2, 0.25) is 0 Å². The minimum absolute atomic E-state index is 0.0147. The minimum Gasteiger partial charge on any atom is -0.497 e. The number of carboxylic acid groups (broad SMARTS) is 1. The Morgan fingerprint density at radius 1 is 1.24 bits per heavy atom. The summed E-state index contributed by atoms with van der Waals surface area (Å²) >= 11 is 0. The number of methoxy groups -OCH3 is 1. The molecule has 7 nitrogen and oxygen atoms in total. The molecule has 3 unspecified atom stereocenters. The van der Waals surface area contributed by atoms with Crippen LogP contribution in [0.15, 0.2) is 24.3 Å². The van der Waals surface area contributed by atoms with Gasteiger partial charge in [0.15, 0.2) is 0 Å². The van der Waals surface area contributed by atoms with Gasteiger partial charge in [-0.2, -0.15) is 13.2 Å². The lowest BCUT2D eigenvalue weighted by molar-refractivity contribution is -0.192. The molecular weight excluding hydrogens is 393 g/mol. The summed E-state index contributed by atoms with van der Waals surface area (Å²) in [6, 6.07) is 8.17. The van der Waals surface area contributed by atoms with Gasteiger partial charge in [-0.1, -0.05) is 12.1 Å². The zero-order chi connectivity index (χ0) is 21.8. The van der Waals surface area contributed by atoms with Crippen molar-refractivity contribution < 1.29 is 37.3 Å². The van der Waals surface area contributed by atoms with E-state index in [9.17, 15) is 18.0 Å². The molecule has 1 N–H and O–H groups in total. The first-order chi connectivity index (χ1) is 13.5. The van der Waals surface area contributed by atoms with E-state index in [-0.39, 0.29) is 24.0 Å². The van der Waals surface area contributed by atoms with E-state index in [0.29, 0.717) is 0 Å². The highest BCUT2D eigenvalue weighted by Crippen LogP contribution is 2.33. The topological polar surface area (TPSA) is 79.3 Å². The van der Waals surface area contributed by atoms with E-state index < -0.39 is 12.1 Å². The Labute approximate surface area is 167 Å². The number of rotatable bonds is 4. The number of aliphatic carboxylic acids is 1. The average molecular weight is 418 g/mol. The highest BCUT2D eigenvalue weighted by Gasteiger charge is 2.45. The number of carbonyl (C=O) groups excluding carboxylic acids is 1. The second-order valence-electron chi connectivity index (χ2n) is 7.22. The van der Waals surface area contributed by atoms with Crippen LogP contribution in [0.3, 0.4) is 0 Å². The molecule has 1 amide bonds. The Bertz CT molecular complexity index is 709. The maximum atomic E-state index is 12.2. The van der Waals surface area contributed by atoms with Gasteiger partial charge in [0, 0.05) is 33.7 Å². The summed E-state index contributed by atoms with van der Waals surface area (Å²) < 4.78 is 42.9. The number of likely N-dealkylation sites (tertiary alicyclic amines) is 1. The normalized spacial score (nSPS) is 23.7. The van der Waals surface area contributed by atoms with Crippen LogP contribution in [-0.2, 0) is 20.9 Å². The van der Waals surface area contributed by atoms with E-state index in [0.717, 1.165) is 31.8 Å². The van der Waals surface area contributed by atoms with E-state index in [2.05, 4.69) is 17.0 Å². The van der Waals surface area contributed by atoms with Crippen LogP contribution in [0.1, 0.15) is 12.0 Å². The number of alkyl halides is 3. The number of morpholine rings is 1. The SMILES string of the molecule is COc1ccc(CN2CC3CC(C(=O)N(C)C)C(C2)O3)cc1.O=C(O)C(F)(F)F. The number of carboxylic acids is 1. The standard InChI is InChI=1S/C17H24N2O3.C2HF3O2/c1-18(2)17(20)15-8-14-10-19(11-16(15)22-14)9-12-4-6-13(21-3)7-5-12;3-2(4,5)1(6)7/h4-7,14-16H,8-11H2,1-3H3;(H,6,7). The van der Waals surface area contributed by atoms with Crippen LogP contribution < -0.4 is 4.74 Å². The third-order valence-electron chi connectivity index (χ3n) is 4.80. The summed E-state index contributed by atoms with van der Waals surface area (Å²) in [5.41, 5.74) is 1.26.